The van der Waals surface area contributed by atoms with E-state index in [2.05, 4.69) is 31.3 Å². The topological polar surface area (TPSA) is 68.5 Å². The number of halogens is 1. The smallest absolute Gasteiger partial charge is 0.413 e. The predicted molar refractivity (Wildman–Crippen MR) is 70.5 cm³/mol. The van der Waals surface area contributed by atoms with Gasteiger partial charge in [-0.2, -0.15) is 0 Å². The third-order valence-electron chi connectivity index (χ3n) is 1.91. The van der Waals surface area contributed by atoms with E-state index in [9.17, 15) is 4.79 Å². The van der Waals surface area contributed by atoms with E-state index in [4.69, 9.17) is 4.74 Å². The van der Waals surface area contributed by atoms with Gasteiger partial charge in [-0.1, -0.05) is 0 Å². The SMILES string of the molecule is CC(C)(C)OC(=O)Nc1cc2ncc(Br)cn2n1. The van der Waals surface area contributed by atoms with E-state index in [0.717, 1.165) is 4.47 Å². The second-order valence-electron chi connectivity index (χ2n) is 4.73. The van der Waals surface area contributed by atoms with Gasteiger partial charge in [-0.05, 0) is 36.7 Å². The summed E-state index contributed by atoms with van der Waals surface area (Å²) in [5.74, 6) is 0.398. The van der Waals surface area contributed by atoms with Gasteiger partial charge < -0.3 is 4.74 Å². The molecule has 0 atom stereocenters. The Bertz CT molecular complexity index is 588. The summed E-state index contributed by atoms with van der Waals surface area (Å²) in [6.07, 6.45) is 2.88. The highest BCUT2D eigenvalue weighted by Gasteiger charge is 2.17. The summed E-state index contributed by atoms with van der Waals surface area (Å²) in [5.41, 5.74) is 0.106. The summed E-state index contributed by atoms with van der Waals surface area (Å²) in [7, 11) is 0. The minimum atomic E-state index is -0.537. The minimum absolute atomic E-state index is 0.398. The number of aromatic nitrogens is 3. The fourth-order valence-electron chi connectivity index (χ4n) is 1.32. The molecule has 1 N–H and O–H groups in total. The first-order valence-electron chi connectivity index (χ1n) is 5.34. The summed E-state index contributed by atoms with van der Waals surface area (Å²) < 4.78 is 7.51. The minimum Gasteiger partial charge on any atom is -0.444 e. The van der Waals surface area contributed by atoms with Crippen LogP contribution in [0.4, 0.5) is 10.6 Å². The Morgan fingerprint density at radius 3 is 2.89 bits per heavy atom. The van der Waals surface area contributed by atoms with Gasteiger partial charge in [0, 0.05) is 18.5 Å². The first-order valence-corrected chi connectivity index (χ1v) is 6.14. The van der Waals surface area contributed by atoms with Gasteiger partial charge >= 0.3 is 6.09 Å². The molecular weight excluding hydrogens is 300 g/mol. The summed E-state index contributed by atoms with van der Waals surface area (Å²) in [6.45, 7) is 5.40. The lowest BCUT2D eigenvalue weighted by Gasteiger charge is -2.18. The van der Waals surface area contributed by atoms with Crippen LogP contribution < -0.4 is 5.32 Å². The summed E-state index contributed by atoms with van der Waals surface area (Å²) in [5, 5.41) is 6.71. The number of carbonyl (C=O) groups excluding carboxylic acids is 1. The highest BCUT2D eigenvalue weighted by atomic mass is 79.9. The molecule has 0 fully saturated rings. The Hall–Kier alpha value is -1.63. The van der Waals surface area contributed by atoms with Gasteiger partial charge in [0.2, 0.25) is 0 Å². The van der Waals surface area contributed by atoms with E-state index in [0.29, 0.717) is 11.5 Å². The van der Waals surface area contributed by atoms with Crippen LogP contribution in [0, 0.1) is 0 Å². The molecule has 96 valence electrons. The third kappa shape index (κ3) is 3.19. The fourth-order valence-corrected chi connectivity index (χ4v) is 1.62. The van der Waals surface area contributed by atoms with E-state index in [1.165, 1.54) is 0 Å². The van der Waals surface area contributed by atoms with E-state index in [-0.39, 0.29) is 0 Å². The number of rotatable bonds is 1. The van der Waals surface area contributed by atoms with Crippen molar-refractivity contribution in [2.75, 3.05) is 5.32 Å². The molecule has 0 unspecified atom stereocenters. The molecule has 0 saturated carbocycles. The number of ether oxygens (including phenoxy) is 1. The molecule has 0 aliphatic rings. The van der Waals surface area contributed by atoms with Crippen LogP contribution in [0.1, 0.15) is 20.8 Å². The summed E-state index contributed by atoms with van der Waals surface area (Å²) in [6, 6.07) is 1.66. The van der Waals surface area contributed by atoms with Crippen LogP contribution in [-0.2, 0) is 4.74 Å². The number of hydrogen-bond donors (Lipinski definition) is 1. The van der Waals surface area contributed by atoms with Crippen molar-refractivity contribution in [2.24, 2.45) is 0 Å². The molecule has 2 aromatic heterocycles. The van der Waals surface area contributed by atoms with Gasteiger partial charge in [0.15, 0.2) is 11.5 Å². The largest absolute Gasteiger partial charge is 0.444 e. The molecule has 18 heavy (non-hydrogen) atoms. The number of amides is 1. The average Bonchev–Trinajstić information content (AvgIpc) is 2.55. The highest BCUT2D eigenvalue weighted by Crippen LogP contribution is 2.14. The lowest BCUT2D eigenvalue weighted by Crippen LogP contribution is -2.27. The molecule has 0 aliphatic heterocycles. The van der Waals surface area contributed by atoms with E-state index in [1.807, 2.05) is 0 Å². The maximum atomic E-state index is 11.6. The zero-order chi connectivity index (χ0) is 13.3. The molecule has 0 spiro atoms. The van der Waals surface area contributed by atoms with Crippen molar-refractivity contribution in [3.05, 3.63) is 22.9 Å². The number of hydrogen-bond acceptors (Lipinski definition) is 4. The van der Waals surface area contributed by atoms with Gasteiger partial charge in [-0.25, -0.2) is 14.3 Å². The van der Waals surface area contributed by atoms with Gasteiger partial charge in [0.1, 0.15) is 5.60 Å². The van der Waals surface area contributed by atoms with Gasteiger partial charge in [0.25, 0.3) is 0 Å². The first kappa shape index (κ1) is 12.8. The normalized spacial score (nSPS) is 11.6. The molecule has 2 rings (SSSR count). The number of carbonyl (C=O) groups is 1. The number of anilines is 1. The van der Waals surface area contributed by atoms with Crippen molar-refractivity contribution >= 4 is 33.5 Å². The Balaban J connectivity index is 2.15. The number of nitrogens with one attached hydrogen (secondary N) is 1. The molecule has 0 radical (unpaired) electrons. The van der Waals surface area contributed by atoms with Crippen LogP contribution in [0.25, 0.3) is 5.65 Å². The van der Waals surface area contributed by atoms with Gasteiger partial charge in [0.05, 0.1) is 4.47 Å². The molecule has 7 heteroatoms. The molecule has 0 aliphatic carbocycles. The van der Waals surface area contributed by atoms with E-state index >= 15 is 0 Å². The Labute approximate surface area is 112 Å². The Morgan fingerprint density at radius 1 is 1.50 bits per heavy atom. The van der Waals surface area contributed by atoms with Crippen LogP contribution in [0.2, 0.25) is 0 Å². The van der Waals surface area contributed by atoms with Crippen molar-refractivity contribution in [2.45, 2.75) is 26.4 Å². The number of fused-ring (bicyclic) bond motifs is 1. The Kier molecular flexibility index (Phi) is 3.25. The first-order chi connectivity index (χ1) is 8.33. The van der Waals surface area contributed by atoms with Crippen LogP contribution in [0.5, 0.6) is 0 Å². The van der Waals surface area contributed by atoms with Crippen LogP contribution in [0.15, 0.2) is 22.9 Å². The lowest BCUT2D eigenvalue weighted by molar-refractivity contribution is 0.0635. The van der Waals surface area contributed by atoms with Crippen molar-refractivity contribution in [1.82, 2.24) is 14.6 Å². The van der Waals surface area contributed by atoms with E-state index in [1.54, 1.807) is 43.7 Å². The van der Waals surface area contributed by atoms with Gasteiger partial charge in [-0.15, -0.1) is 5.10 Å². The third-order valence-corrected chi connectivity index (χ3v) is 2.32. The maximum absolute atomic E-state index is 11.6. The molecule has 0 bridgehead atoms. The summed E-state index contributed by atoms with van der Waals surface area (Å²) in [4.78, 5) is 15.7. The van der Waals surface area contributed by atoms with Gasteiger partial charge in [-0.3, -0.25) is 5.32 Å². The fraction of sp³-hybridized carbons (Fsp3) is 0.364. The number of nitrogens with zero attached hydrogens (tertiary/aromatic N) is 3. The zero-order valence-electron chi connectivity index (χ0n) is 10.3. The lowest BCUT2D eigenvalue weighted by atomic mass is 10.2. The van der Waals surface area contributed by atoms with Crippen molar-refractivity contribution in [1.29, 1.82) is 0 Å². The van der Waals surface area contributed by atoms with Crippen molar-refractivity contribution < 1.29 is 9.53 Å². The maximum Gasteiger partial charge on any atom is 0.413 e. The Morgan fingerprint density at radius 2 is 2.22 bits per heavy atom. The molecule has 0 aromatic carbocycles. The predicted octanol–water partition coefficient (Wildman–Crippen LogP) is 2.84. The second kappa shape index (κ2) is 4.56. The van der Waals surface area contributed by atoms with Crippen LogP contribution >= 0.6 is 15.9 Å². The monoisotopic (exact) mass is 312 g/mol. The molecule has 2 aromatic rings. The average molecular weight is 313 g/mol. The quantitative estimate of drug-likeness (QED) is 0.879. The summed E-state index contributed by atoms with van der Waals surface area (Å²) >= 11 is 3.30. The van der Waals surface area contributed by atoms with Crippen LogP contribution in [-0.4, -0.2) is 26.3 Å². The van der Waals surface area contributed by atoms with Crippen LogP contribution in [0.3, 0.4) is 0 Å². The molecule has 2 heterocycles. The molecule has 0 saturated heterocycles. The standard InChI is InChI=1S/C11H13BrN4O2/c1-11(2,3)18-10(17)14-8-4-9-13-5-7(12)6-16(9)15-8/h4-6H,1-3H3,(H,14,15,17). The highest BCUT2D eigenvalue weighted by molar-refractivity contribution is 9.10. The zero-order valence-corrected chi connectivity index (χ0v) is 11.9. The van der Waals surface area contributed by atoms with E-state index < -0.39 is 11.7 Å². The molecule has 1 amide bonds. The van der Waals surface area contributed by atoms with Crippen molar-refractivity contribution in [3.63, 3.8) is 0 Å². The molecule has 6 nitrogen and oxygen atoms in total. The molecular formula is C11H13BrN4O2. The second-order valence-corrected chi connectivity index (χ2v) is 5.65. The van der Waals surface area contributed by atoms with Crippen molar-refractivity contribution in [3.8, 4) is 0 Å².